The maximum Gasteiger partial charge on any atom is 0.0268 e. The predicted octanol–water partition coefficient (Wildman–Crippen LogP) is 3.20. The van der Waals surface area contributed by atoms with Crippen LogP contribution in [-0.4, -0.2) is 0 Å². The van der Waals surface area contributed by atoms with Gasteiger partial charge in [0.05, 0.1) is 0 Å². The van der Waals surface area contributed by atoms with E-state index >= 15 is 0 Å². The minimum Gasteiger partial charge on any atom is -0.324 e. The number of benzene rings is 1. The van der Waals surface area contributed by atoms with Gasteiger partial charge >= 0.3 is 0 Å². The van der Waals surface area contributed by atoms with Gasteiger partial charge in [-0.25, -0.2) is 0 Å². The van der Waals surface area contributed by atoms with Crippen LogP contribution >= 0.6 is 28.3 Å². The first-order valence-corrected chi connectivity index (χ1v) is 4.42. The molecule has 3 heteroatoms. The van der Waals surface area contributed by atoms with E-state index in [0.29, 0.717) is 0 Å². The van der Waals surface area contributed by atoms with Gasteiger partial charge in [0.2, 0.25) is 0 Å². The molecule has 12 heavy (non-hydrogen) atoms. The van der Waals surface area contributed by atoms with Crippen molar-refractivity contribution in [2.75, 3.05) is 0 Å². The van der Waals surface area contributed by atoms with Gasteiger partial charge in [-0.05, 0) is 37.1 Å². The lowest BCUT2D eigenvalue weighted by atomic mass is 10.0. The standard InChI is InChI=1S/C9H12BrN.ClH/c1-6-5-8(10)3-4-9(6)7(2)11;/h3-5,7H,11H2,1-2H3;1H/t7-;/m1./s1. The summed E-state index contributed by atoms with van der Waals surface area (Å²) in [5, 5.41) is 0. The molecule has 1 aromatic rings. The quantitative estimate of drug-likeness (QED) is 0.814. The first-order valence-electron chi connectivity index (χ1n) is 3.63. The topological polar surface area (TPSA) is 26.0 Å². The zero-order valence-corrected chi connectivity index (χ0v) is 9.58. The van der Waals surface area contributed by atoms with Crippen LogP contribution in [-0.2, 0) is 0 Å². The molecule has 0 heterocycles. The van der Waals surface area contributed by atoms with Crippen molar-refractivity contribution in [3.05, 3.63) is 33.8 Å². The van der Waals surface area contributed by atoms with Crippen molar-refractivity contribution in [2.45, 2.75) is 19.9 Å². The van der Waals surface area contributed by atoms with Gasteiger partial charge in [0, 0.05) is 10.5 Å². The highest BCUT2D eigenvalue weighted by Gasteiger charge is 2.02. The van der Waals surface area contributed by atoms with Gasteiger partial charge in [0.25, 0.3) is 0 Å². The van der Waals surface area contributed by atoms with Crippen LogP contribution in [0.1, 0.15) is 24.1 Å². The zero-order chi connectivity index (χ0) is 8.43. The second kappa shape index (κ2) is 4.85. The lowest BCUT2D eigenvalue weighted by molar-refractivity contribution is 0.809. The van der Waals surface area contributed by atoms with Crippen molar-refractivity contribution in [3.63, 3.8) is 0 Å². The molecule has 0 aliphatic heterocycles. The van der Waals surface area contributed by atoms with Gasteiger partial charge in [-0.1, -0.05) is 22.0 Å². The Kier molecular flexibility index (Phi) is 4.83. The van der Waals surface area contributed by atoms with E-state index in [0.717, 1.165) is 4.47 Å². The maximum absolute atomic E-state index is 5.75. The normalized spacial score (nSPS) is 12.0. The van der Waals surface area contributed by atoms with Gasteiger partial charge in [-0.3, -0.25) is 0 Å². The molecular formula is C9H13BrClN. The Labute approximate surface area is 87.9 Å². The van der Waals surface area contributed by atoms with Crippen molar-refractivity contribution in [1.29, 1.82) is 0 Å². The molecule has 0 aliphatic carbocycles. The first-order chi connectivity index (χ1) is 5.11. The Morgan fingerprint density at radius 2 is 2.00 bits per heavy atom. The third-order valence-electron chi connectivity index (χ3n) is 1.72. The number of halogens is 2. The van der Waals surface area contributed by atoms with Crippen molar-refractivity contribution in [1.82, 2.24) is 0 Å². The summed E-state index contributed by atoms with van der Waals surface area (Å²) in [7, 11) is 0. The predicted molar refractivity (Wildman–Crippen MR) is 58.7 cm³/mol. The Morgan fingerprint density at radius 1 is 1.42 bits per heavy atom. The molecule has 0 saturated carbocycles. The van der Waals surface area contributed by atoms with E-state index in [1.165, 1.54) is 11.1 Å². The van der Waals surface area contributed by atoms with Gasteiger partial charge < -0.3 is 5.73 Å². The average molecular weight is 251 g/mol. The Balaban J connectivity index is 0.00000121. The molecule has 0 bridgehead atoms. The number of aryl methyl sites for hydroxylation is 1. The Morgan fingerprint density at radius 3 is 2.42 bits per heavy atom. The van der Waals surface area contributed by atoms with E-state index in [1.54, 1.807) is 0 Å². The second-order valence-electron chi connectivity index (χ2n) is 2.79. The van der Waals surface area contributed by atoms with E-state index in [9.17, 15) is 0 Å². The summed E-state index contributed by atoms with van der Waals surface area (Å²) in [5.74, 6) is 0. The van der Waals surface area contributed by atoms with E-state index < -0.39 is 0 Å². The van der Waals surface area contributed by atoms with Crippen LogP contribution in [0.25, 0.3) is 0 Å². The Bertz CT molecular complexity index is 261. The summed E-state index contributed by atoms with van der Waals surface area (Å²) in [4.78, 5) is 0. The van der Waals surface area contributed by atoms with Gasteiger partial charge in [0.15, 0.2) is 0 Å². The molecule has 1 atom stereocenters. The summed E-state index contributed by atoms with van der Waals surface area (Å²) in [6.07, 6.45) is 0. The molecule has 0 unspecified atom stereocenters. The first kappa shape index (κ1) is 11.9. The molecule has 0 aliphatic rings. The minimum atomic E-state index is 0. The van der Waals surface area contributed by atoms with Crippen LogP contribution in [0.2, 0.25) is 0 Å². The van der Waals surface area contributed by atoms with Crippen molar-refractivity contribution in [2.24, 2.45) is 5.73 Å². The van der Waals surface area contributed by atoms with Crippen LogP contribution in [0.3, 0.4) is 0 Å². The number of rotatable bonds is 1. The van der Waals surface area contributed by atoms with Crippen molar-refractivity contribution < 1.29 is 0 Å². The highest BCUT2D eigenvalue weighted by Crippen LogP contribution is 2.19. The second-order valence-corrected chi connectivity index (χ2v) is 3.71. The SMILES string of the molecule is Cc1cc(Br)ccc1[C@@H](C)N.Cl. The highest BCUT2D eigenvalue weighted by molar-refractivity contribution is 9.10. The van der Waals surface area contributed by atoms with Crippen molar-refractivity contribution in [3.8, 4) is 0 Å². The number of nitrogens with two attached hydrogens (primary N) is 1. The fourth-order valence-electron chi connectivity index (χ4n) is 1.15. The van der Waals surface area contributed by atoms with Crippen LogP contribution in [0.5, 0.6) is 0 Å². The molecule has 1 rings (SSSR count). The van der Waals surface area contributed by atoms with Crippen LogP contribution in [0.15, 0.2) is 22.7 Å². The third-order valence-corrected chi connectivity index (χ3v) is 2.22. The van der Waals surface area contributed by atoms with Gasteiger partial charge in [-0.2, -0.15) is 0 Å². The summed E-state index contributed by atoms with van der Waals surface area (Å²) >= 11 is 3.40. The molecule has 0 spiro atoms. The van der Waals surface area contributed by atoms with Crippen molar-refractivity contribution >= 4 is 28.3 Å². The molecular weight excluding hydrogens is 237 g/mol. The van der Waals surface area contributed by atoms with Gasteiger partial charge in [0.1, 0.15) is 0 Å². The number of hydrogen-bond donors (Lipinski definition) is 1. The Hall–Kier alpha value is -0.0500. The molecule has 0 saturated heterocycles. The third kappa shape index (κ3) is 2.77. The van der Waals surface area contributed by atoms with Gasteiger partial charge in [-0.15, -0.1) is 12.4 Å². The molecule has 0 amide bonds. The molecule has 0 radical (unpaired) electrons. The zero-order valence-electron chi connectivity index (χ0n) is 7.17. The van der Waals surface area contributed by atoms with E-state index in [4.69, 9.17) is 5.73 Å². The summed E-state index contributed by atoms with van der Waals surface area (Å²) in [6.45, 7) is 4.07. The molecule has 0 aromatic heterocycles. The molecule has 68 valence electrons. The lowest BCUT2D eigenvalue weighted by Crippen LogP contribution is -2.06. The smallest absolute Gasteiger partial charge is 0.0268 e. The van der Waals surface area contributed by atoms with Crippen LogP contribution in [0, 0.1) is 6.92 Å². The van der Waals surface area contributed by atoms with Crippen LogP contribution < -0.4 is 5.73 Å². The monoisotopic (exact) mass is 249 g/mol. The highest BCUT2D eigenvalue weighted by atomic mass is 79.9. The summed E-state index contributed by atoms with van der Waals surface area (Å²) < 4.78 is 1.11. The largest absolute Gasteiger partial charge is 0.324 e. The fourth-order valence-corrected chi connectivity index (χ4v) is 1.63. The summed E-state index contributed by atoms with van der Waals surface area (Å²) in [5.41, 5.74) is 8.21. The van der Waals surface area contributed by atoms with E-state index in [2.05, 4.69) is 35.0 Å². The maximum atomic E-state index is 5.75. The minimum absolute atomic E-state index is 0. The van der Waals surface area contributed by atoms with E-state index in [1.807, 2.05) is 13.0 Å². The van der Waals surface area contributed by atoms with E-state index in [-0.39, 0.29) is 18.4 Å². The molecule has 1 aromatic carbocycles. The average Bonchev–Trinajstić information content (AvgIpc) is 1.85. The number of hydrogen-bond acceptors (Lipinski definition) is 1. The molecule has 0 fully saturated rings. The molecule has 1 nitrogen and oxygen atoms in total. The molecule has 2 N–H and O–H groups in total. The fraction of sp³-hybridized carbons (Fsp3) is 0.333. The van der Waals surface area contributed by atoms with Crippen LogP contribution in [0.4, 0.5) is 0 Å². The summed E-state index contributed by atoms with van der Waals surface area (Å²) in [6, 6.07) is 6.29. The lowest BCUT2D eigenvalue weighted by Gasteiger charge is -2.08.